The summed E-state index contributed by atoms with van der Waals surface area (Å²) in [5.41, 5.74) is 0. The average Bonchev–Trinajstić information content (AvgIpc) is 2.32. The number of likely N-dealkylation sites (N-methyl/N-ethyl adjacent to an activating group) is 1. The van der Waals surface area contributed by atoms with E-state index >= 15 is 0 Å². The summed E-state index contributed by atoms with van der Waals surface area (Å²) in [6.07, 6.45) is 0. The summed E-state index contributed by atoms with van der Waals surface area (Å²) >= 11 is 0. The summed E-state index contributed by atoms with van der Waals surface area (Å²) in [7, 11) is 2.24. The molecule has 1 N–H and O–H groups in total. The maximum absolute atomic E-state index is 3.68. The van der Waals surface area contributed by atoms with Crippen LogP contribution in [0.1, 0.15) is 20.8 Å². The van der Waals surface area contributed by atoms with Crippen LogP contribution in [-0.2, 0) is 0 Å². The van der Waals surface area contributed by atoms with E-state index in [0.717, 1.165) is 12.5 Å². The fourth-order valence-electron chi connectivity index (χ4n) is 2.97. The van der Waals surface area contributed by atoms with Gasteiger partial charge in [-0.05, 0) is 26.8 Å². The molecule has 2 aliphatic rings. The van der Waals surface area contributed by atoms with Crippen LogP contribution in [0.25, 0.3) is 0 Å². The van der Waals surface area contributed by atoms with Gasteiger partial charge in [-0.3, -0.25) is 4.90 Å². The number of hydrogen-bond acceptors (Lipinski definition) is 3. The van der Waals surface area contributed by atoms with Gasteiger partial charge < -0.3 is 10.2 Å². The van der Waals surface area contributed by atoms with Crippen molar-refractivity contribution in [2.24, 2.45) is 5.92 Å². The summed E-state index contributed by atoms with van der Waals surface area (Å²) in [5, 5.41) is 3.68. The predicted molar refractivity (Wildman–Crippen MR) is 64.1 cm³/mol. The van der Waals surface area contributed by atoms with Crippen molar-refractivity contribution in [3.8, 4) is 0 Å². The molecule has 0 bridgehead atoms. The molecule has 2 rings (SSSR count). The Morgan fingerprint density at radius 1 is 1.13 bits per heavy atom. The number of nitrogens with one attached hydrogen (secondary N) is 1. The molecule has 3 heteroatoms. The lowest BCUT2D eigenvalue weighted by Crippen LogP contribution is -2.56. The molecule has 2 aliphatic heterocycles. The van der Waals surface area contributed by atoms with Crippen LogP contribution in [0.3, 0.4) is 0 Å². The zero-order chi connectivity index (χ0) is 11.0. The predicted octanol–water partition coefficient (Wildman–Crippen LogP) is 0.619. The highest BCUT2D eigenvalue weighted by Gasteiger charge is 2.35. The Labute approximate surface area is 93.8 Å². The van der Waals surface area contributed by atoms with Crippen LogP contribution in [0.2, 0.25) is 0 Å². The van der Waals surface area contributed by atoms with Crippen molar-refractivity contribution in [2.75, 3.05) is 33.2 Å². The van der Waals surface area contributed by atoms with Crippen molar-refractivity contribution in [1.82, 2.24) is 15.1 Å². The highest BCUT2D eigenvalue weighted by molar-refractivity contribution is 4.93. The molecule has 2 saturated heterocycles. The molecule has 0 spiro atoms. The van der Waals surface area contributed by atoms with Crippen molar-refractivity contribution >= 4 is 0 Å². The first-order valence-electron chi connectivity index (χ1n) is 6.27. The molecular weight excluding hydrogens is 186 g/mol. The molecule has 4 atom stereocenters. The molecule has 15 heavy (non-hydrogen) atoms. The fourth-order valence-corrected chi connectivity index (χ4v) is 2.97. The van der Waals surface area contributed by atoms with Crippen LogP contribution < -0.4 is 5.32 Å². The second-order valence-corrected chi connectivity index (χ2v) is 5.45. The Kier molecular flexibility index (Phi) is 3.33. The van der Waals surface area contributed by atoms with Crippen molar-refractivity contribution in [2.45, 2.75) is 38.9 Å². The molecule has 3 nitrogen and oxygen atoms in total. The molecule has 2 unspecified atom stereocenters. The minimum Gasteiger partial charge on any atom is -0.312 e. The van der Waals surface area contributed by atoms with Crippen LogP contribution in [-0.4, -0.2) is 61.2 Å². The molecule has 2 fully saturated rings. The van der Waals surface area contributed by atoms with Crippen LogP contribution >= 0.6 is 0 Å². The summed E-state index contributed by atoms with van der Waals surface area (Å²) in [4.78, 5) is 5.16. The minimum atomic E-state index is 0.649. The van der Waals surface area contributed by atoms with Gasteiger partial charge in [0.1, 0.15) is 0 Å². The lowest BCUT2D eigenvalue weighted by atomic mass is 9.95. The Balaban J connectivity index is 2.10. The van der Waals surface area contributed by atoms with Crippen molar-refractivity contribution in [3.05, 3.63) is 0 Å². The molecule has 2 heterocycles. The second kappa shape index (κ2) is 4.40. The first-order valence-corrected chi connectivity index (χ1v) is 6.27. The minimum absolute atomic E-state index is 0.649. The van der Waals surface area contributed by atoms with Gasteiger partial charge in [0.15, 0.2) is 0 Å². The molecule has 0 aromatic rings. The van der Waals surface area contributed by atoms with E-state index in [9.17, 15) is 0 Å². The third-order valence-electron chi connectivity index (χ3n) is 4.48. The highest BCUT2D eigenvalue weighted by Crippen LogP contribution is 2.22. The molecule has 88 valence electrons. The quantitative estimate of drug-likeness (QED) is 0.634. The Morgan fingerprint density at radius 2 is 1.87 bits per heavy atom. The molecular formula is C12H25N3. The number of fused-ring (bicyclic) bond motifs is 1. The van der Waals surface area contributed by atoms with Gasteiger partial charge >= 0.3 is 0 Å². The van der Waals surface area contributed by atoms with Crippen LogP contribution in [0.5, 0.6) is 0 Å². The number of rotatable bonds is 0. The first-order chi connectivity index (χ1) is 7.09. The van der Waals surface area contributed by atoms with Crippen LogP contribution in [0.15, 0.2) is 0 Å². The van der Waals surface area contributed by atoms with Crippen LogP contribution in [0.4, 0.5) is 0 Å². The fraction of sp³-hybridized carbons (Fsp3) is 1.00. The number of hydrogen-bond donors (Lipinski definition) is 1. The first kappa shape index (κ1) is 11.4. The van der Waals surface area contributed by atoms with E-state index in [1.54, 1.807) is 0 Å². The topological polar surface area (TPSA) is 18.5 Å². The Bertz CT molecular complexity index is 219. The molecule has 0 aromatic carbocycles. The standard InChI is InChI=1S/C12H25N3/c1-9-10(2)13-7-12-8-14(4)5-6-15(12)11(9)3/h9-13H,5-8H2,1-4H3/t9-,10?,11-,12?/m1/s1. The molecule has 0 aliphatic carbocycles. The normalized spacial score (nSPS) is 44.8. The molecule has 0 saturated carbocycles. The summed E-state index contributed by atoms with van der Waals surface area (Å²) in [5.74, 6) is 0.749. The van der Waals surface area contributed by atoms with Gasteiger partial charge in [0.05, 0.1) is 0 Å². The van der Waals surface area contributed by atoms with Gasteiger partial charge in [0, 0.05) is 44.3 Å². The van der Waals surface area contributed by atoms with Crippen molar-refractivity contribution in [3.63, 3.8) is 0 Å². The van der Waals surface area contributed by atoms with Gasteiger partial charge in [-0.2, -0.15) is 0 Å². The Morgan fingerprint density at radius 3 is 2.60 bits per heavy atom. The highest BCUT2D eigenvalue weighted by atomic mass is 15.3. The largest absolute Gasteiger partial charge is 0.312 e. The number of nitrogens with zero attached hydrogens (tertiary/aromatic N) is 2. The maximum Gasteiger partial charge on any atom is 0.0351 e. The van der Waals surface area contributed by atoms with Gasteiger partial charge in [-0.15, -0.1) is 0 Å². The molecule has 0 aromatic heterocycles. The lowest BCUT2D eigenvalue weighted by Gasteiger charge is -2.43. The lowest BCUT2D eigenvalue weighted by molar-refractivity contribution is 0.0525. The van der Waals surface area contributed by atoms with Crippen LogP contribution in [0, 0.1) is 5.92 Å². The zero-order valence-electron chi connectivity index (χ0n) is 10.5. The van der Waals surface area contributed by atoms with Gasteiger partial charge in [-0.1, -0.05) is 6.92 Å². The van der Waals surface area contributed by atoms with E-state index in [1.807, 2.05) is 0 Å². The summed E-state index contributed by atoms with van der Waals surface area (Å²) < 4.78 is 0. The third kappa shape index (κ3) is 2.19. The van der Waals surface area contributed by atoms with Crippen molar-refractivity contribution < 1.29 is 0 Å². The van der Waals surface area contributed by atoms with E-state index in [1.165, 1.54) is 19.6 Å². The van der Waals surface area contributed by atoms with Gasteiger partial charge in [0.2, 0.25) is 0 Å². The Hall–Kier alpha value is -0.120. The van der Waals surface area contributed by atoms with E-state index in [0.29, 0.717) is 18.1 Å². The molecule has 0 radical (unpaired) electrons. The number of piperazine rings is 1. The van der Waals surface area contributed by atoms with E-state index in [-0.39, 0.29) is 0 Å². The van der Waals surface area contributed by atoms with E-state index < -0.39 is 0 Å². The summed E-state index contributed by atoms with van der Waals surface area (Å²) in [6.45, 7) is 11.9. The van der Waals surface area contributed by atoms with E-state index in [2.05, 4.69) is 42.9 Å². The van der Waals surface area contributed by atoms with Gasteiger partial charge in [-0.25, -0.2) is 0 Å². The second-order valence-electron chi connectivity index (χ2n) is 5.45. The zero-order valence-corrected chi connectivity index (χ0v) is 10.5. The van der Waals surface area contributed by atoms with Gasteiger partial charge in [0.25, 0.3) is 0 Å². The third-order valence-corrected chi connectivity index (χ3v) is 4.48. The SMILES string of the molecule is CC1NCC2CN(C)CCN2[C@H](C)[C@@H]1C. The maximum atomic E-state index is 3.68. The average molecular weight is 211 g/mol. The smallest absolute Gasteiger partial charge is 0.0351 e. The van der Waals surface area contributed by atoms with Crippen molar-refractivity contribution in [1.29, 1.82) is 0 Å². The molecule has 0 amide bonds. The van der Waals surface area contributed by atoms with E-state index in [4.69, 9.17) is 0 Å². The monoisotopic (exact) mass is 211 g/mol. The summed E-state index contributed by atoms with van der Waals surface area (Å²) in [6, 6.07) is 2.08.